The van der Waals surface area contributed by atoms with Gasteiger partial charge in [0.1, 0.15) is 0 Å². The van der Waals surface area contributed by atoms with Gasteiger partial charge in [-0.3, -0.25) is 4.79 Å². The molecule has 4 nitrogen and oxygen atoms in total. The van der Waals surface area contributed by atoms with E-state index in [0.717, 1.165) is 11.1 Å². The fourth-order valence-electron chi connectivity index (χ4n) is 1.98. The maximum atomic E-state index is 11.3. The van der Waals surface area contributed by atoms with Gasteiger partial charge >= 0.3 is 5.97 Å². The summed E-state index contributed by atoms with van der Waals surface area (Å²) in [6.45, 7) is 2.47. The normalized spacial score (nSPS) is 10.3. The number of hydrogen-bond donors (Lipinski definition) is 0. The Kier molecular flexibility index (Phi) is 5.44. The lowest BCUT2D eigenvalue weighted by Crippen LogP contribution is -2.01. The van der Waals surface area contributed by atoms with Crippen molar-refractivity contribution in [3.05, 3.63) is 70.8 Å². The quantitative estimate of drug-likeness (QED) is 0.606. The first kappa shape index (κ1) is 15.9. The van der Waals surface area contributed by atoms with Crippen molar-refractivity contribution in [3.63, 3.8) is 0 Å². The standard InChI is InChI=1S/C18H18O4/c1-13(19)16-7-3-14(4-8-16)11-22-12-15-5-9-17(10-6-15)18(20)21-2/h3-10H,11-12H2,1-2H3. The van der Waals surface area contributed by atoms with Crippen LogP contribution in [0.2, 0.25) is 0 Å². The van der Waals surface area contributed by atoms with Crippen molar-refractivity contribution in [2.45, 2.75) is 20.1 Å². The second-order valence-corrected chi connectivity index (χ2v) is 4.93. The molecule has 0 unspecified atom stereocenters. The van der Waals surface area contributed by atoms with Gasteiger partial charge in [-0.2, -0.15) is 0 Å². The van der Waals surface area contributed by atoms with Crippen LogP contribution in [-0.2, 0) is 22.7 Å². The fraction of sp³-hybridized carbons (Fsp3) is 0.222. The van der Waals surface area contributed by atoms with E-state index in [1.54, 1.807) is 31.2 Å². The molecule has 0 aliphatic heterocycles. The zero-order valence-electron chi connectivity index (χ0n) is 12.7. The lowest BCUT2D eigenvalue weighted by atomic mass is 10.1. The molecule has 0 aliphatic rings. The molecule has 4 heteroatoms. The number of rotatable bonds is 6. The average Bonchev–Trinajstić information content (AvgIpc) is 2.55. The van der Waals surface area contributed by atoms with Crippen LogP contribution < -0.4 is 0 Å². The molecule has 0 aromatic heterocycles. The molecule has 0 saturated heterocycles. The Morgan fingerprint density at radius 1 is 0.818 bits per heavy atom. The first-order chi connectivity index (χ1) is 10.6. The van der Waals surface area contributed by atoms with Gasteiger partial charge in [-0.25, -0.2) is 4.79 Å². The van der Waals surface area contributed by atoms with Crippen LogP contribution in [0.5, 0.6) is 0 Å². The summed E-state index contributed by atoms with van der Waals surface area (Å²) in [4.78, 5) is 22.5. The molecule has 0 aliphatic carbocycles. The van der Waals surface area contributed by atoms with Crippen molar-refractivity contribution < 1.29 is 19.1 Å². The van der Waals surface area contributed by atoms with Crippen molar-refractivity contribution in [2.24, 2.45) is 0 Å². The number of carbonyl (C=O) groups excluding carboxylic acids is 2. The molecule has 0 amide bonds. The maximum Gasteiger partial charge on any atom is 0.337 e. The van der Waals surface area contributed by atoms with Gasteiger partial charge in [0, 0.05) is 5.56 Å². The van der Waals surface area contributed by atoms with Crippen molar-refractivity contribution in [2.75, 3.05) is 7.11 Å². The van der Waals surface area contributed by atoms with Gasteiger partial charge in [-0.05, 0) is 30.2 Å². The second kappa shape index (κ2) is 7.52. The molecule has 0 fully saturated rings. The molecule has 0 atom stereocenters. The van der Waals surface area contributed by atoms with Gasteiger partial charge in [0.25, 0.3) is 0 Å². The summed E-state index contributed by atoms with van der Waals surface area (Å²) < 4.78 is 10.3. The zero-order valence-corrected chi connectivity index (χ0v) is 12.7. The number of methoxy groups -OCH3 is 1. The highest BCUT2D eigenvalue weighted by molar-refractivity contribution is 5.94. The van der Waals surface area contributed by atoms with E-state index in [1.807, 2.05) is 24.3 Å². The number of ether oxygens (including phenoxy) is 2. The van der Waals surface area contributed by atoms with Crippen LogP contribution in [-0.4, -0.2) is 18.9 Å². The third-order valence-electron chi connectivity index (χ3n) is 3.27. The monoisotopic (exact) mass is 298 g/mol. The van der Waals surface area contributed by atoms with Crippen LogP contribution in [0.15, 0.2) is 48.5 Å². The van der Waals surface area contributed by atoms with Crippen molar-refractivity contribution in [3.8, 4) is 0 Å². The Morgan fingerprint density at radius 3 is 1.68 bits per heavy atom. The number of carbonyl (C=O) groups is 2. The number of benzene rings is 2. The van der Waals surface area contributed by atoms with E-state index in [-0.39, 0.29) is 11.8 Å². The van der Waals surface area contributed by atoms with E-state index in [0.29, 0.717) is 24.3 Å². The fourth-order valence-corrected chi connectivity index (χ4v) is 1.98. The van der Waals surface area contributed by atoms with Crippen LogP contribution in [0.25, 0.3) is 0 Å². The Hall–Kier alpha value is -2.46. The van der Waals surface area contributed by atoms with Gasteiger partial charge in [0.05, 0.1) is 25.9 Å². The summed E-state index contributed by atoms with van der Waals surface area (Å²) >= 11 is 0. The predicted octanol–water partition coefficient (Wildman–Crippen LogP) is 3.39. The third-order valence-corrected chi connectivity index (χ3v) is 3.27. The van der Waals surface area contributed by atoms with Crippen molar-refractivity contribution in [1.82, 2.24) is 0 Å². The molecule has 0 bridgehead atoms. The highest BCUT2D eigenvalue weighted by Gasteiger charge is 2.04. The summed E-state index contributed by atoms with van der Waals surface area (Å²) in [5.74, 6) is -0.295. The zero-order chi connectivity index (χ0) is 15.9. The van der Waals surface area contributed by atoms with E-state index >= 15 is 0 Å². The van der Waals surface area contributed by atoms with E-state index < -0.39 is 0 Å². The molecule has 2 rings (SSSR count). The van der Waals surface area contributed by atoms with Gasteiger partial charge in [0.15, 0.2) is 5.78 Å². The van der Waals surface area contributed by atoms with Crippen LogP contribution in [0.4, 0.5) is 0 Å². The number of Topliss-reactive ketones (excluding diaryl/α,β-unsaturated/α-hetero) is 1. The third kappa shape index (κ3) is 4.27. The molecule has 2 aromatic rings. The van der Waals surface area contributed by atoms with Gasteiger partial charge in [-0.1, -0.05) is 36.4 Å². The topological polar surface area (TPSA) is 52.6 Å². The Balaban J connectivity index is 1.85. The highest BCUT2D eigenvalue weighted by atomic mass is 16.5. The molecule has 0 N–H and O–H groups in total. The highest BCUT2D eigenvalue weighted by Crippen LogP contribution is 2.10. The first-order valence-electron chi connectivity index (χ1n) is 6.95. The summed E-state index contributed by atoms with van der Waals surface area (Å²) in [5.41, 5.74) is 3.21. The van der Waals surface area contributed by atoms with Gasteiger partial charge in [-0.15, -0.1) is 0 Å². The van der Waals surface area contributed by atoms with Crippen LogP contribution in [0.1, 0.15) is 38.8 Å². The Morgan fingerprint density at radius 2 is 1.27 bits per heavy atom. The summed E-state index contributed by atoms with van der Waals surface area (Å²) in [6, 6.07) is 14.5. The number of ketones is 1. The molecule has 22 heavy (non-hydrogen) atoms. The lowest BCUT2D eigenvalue weighted by Gasteiger charge is -2.06. The Bertz CT molecular complexity index is 642. The largest absolute Gasteiger partial charge is 0.465 e. The molecule has 0 saturated carbocycles. The SMILES string of the molecule is COC(=O)c1ccc(COCc2ccc(C(C)=O)cc2)cc1. The summed E-state index contributed by atoms with van der Waals surface area (Å²) in [7, 11) is 1.36. The molecular weight excluding hydrogens is 280 g/mol. The van der Waals surface area contributed by atoms with Crippen molar-refractivity contribution in [1.29, 1.82) is 0 Å². The lowest BCUT2D eigenvalue weighted by molar-refractivity contribution is 0.0600. The van der Waals surface area contributed by atoms with Crippen LogP contribution in [0.3, 0.4) is 0 Å². The van der Waals surface area contributed by atoms with Gasteiger partial charge < -0.3 is 9.47 Å². The van der Waals surface area contributed by atoms with E-state index in [4.69, 9.17) is 4.74 Å². The van der Waals surface area contributed by atoms with E-state index in [1.165, 1.54) is 7.11 Å². The predicted molar refractivity (Wildman–Crippen MR) is 82.7 cm³/mol. The van der Waals surface area contributed by atoms with E-state index in [9.17, 15) is 9.59 Å². The maximum absolute atomic E-state index is 11.3. The minimum Gasteiger partial charge on any atom is -0.465 e. The Labute approximate surface area is 129 Å². The minimum absolute atomic E-state index is 0.0539. The smallest absolute Gasteiger partial charge is 0.337 e. The molecular formula is C18H18O4. The molecule has 0 radical (unpaired) electrons. The molecule has 0 heterocycles. The molecule has 2 aromatic carbocycles. The number of hydrogen-bond acceptors (Lipinski definition) is 4. The first-order valence-corrected chi connectivity index (χ1v) is 6.95. The molecule has 114 valence electrons. The average molecular weight is 298 g/mol. The van der Waals surface area contributed by atoms with Crippen LogP contribution in [0, 0.1) is 0 Å². The van der Waals surface area contributed by atoms with Gasteiger partial charge in [0.2, 0.25) is 0 Å². The minimum atomic E-state index is -0.349. The molecule has 0 spiro atoms. The summed E-state index contributed by atoms with van der Waals surface area (Å²) in [6.07, 6.45) is 0. The van der Waals surface area contributed by atoms with Crippen LogP contribution >= 0.6 is 0 Å². The van der Waals surface area contributed by atoms with Crippen molar-refractivity contribution >= 4 is 11.8 Å². The van der Waals surface area contributed by atoms with E-state index in [2.05, 4.69) is 4.74 Å². The second-order valence-electron chi connectivity index (χ2n) is 4.93. The number of esters is 1. The summed E-state index contributed by atoms with van der Waals surface area (Å²) in [5, 5.41) is 0.